The van der Waals surface area contributed by atoms with Crippen molar-refractivity contribution in [3.05, 3.63) is 0 Å². The molecule has 14 heavy (non-hydrogen) atoms. The van der Waals surface area contributed by atoms with Crippen molar-refractivity contribution in [1.82, 2.24) is 4.90 Å². The minimum atomic E-state index is -0.246. The van der Waals surface area contributed by atoms with Crippen LogP contribution in [-0.4, -0.2) is 34.2 Å². The van der Waals surface area contributed by atoms with Crippen LogP contribution in [0.4, 0.5) is 0 Å². The molecule has 2 rings (SSSR count). The van der Waals surface area contributed by atoms with Crippen LogP contribution in [0.25, 0.3) is 0 Å². The Morgan fingerprint density at radius 1 is 1.14 bits per heavy atom. The molecular weight excluding hydrogens is 174 g/mol. The van der Waals surface area contributed by atoms with E-state index in [9.17, 15) is 5.11 Å². The standard InChI is InChI=1S/C12H23NO/c1-11(2,3)13-8-4-10(5-9-13)12(14)6-7-12/h10,14H,4-9H2,1-3H3. The van der Waals surface area contributed by atoms with Crippen molar-refractivity contribution >= 4 is 0 Å². The van der Waals surface area contributed by atoms with Gasteiger partial charge in [-0.25, -0.2) is 0 Å². The third-order valence-corrected chi connectivity index (χ3v) is 3.97. The number of aliphatic hydroxyl groups is 1. The molecular formula is C12H23NO. The summed E-state index contributed by atoms with van der Waals surface area (Å²) in [7, 11) is 0. The predicted octanol–water partition coefficient (Wildman–Crippen LogP) is 2.02. The van der Waals surface area contributed by atoms with Crippen molar-refractivity contribution in [3.8, 4) is 0 Å². The summed E-state index contributed by atoms with van der Waals surface area (Å²) in [5.41, 5.74) is 0.0567. The van der Waals surface area contributed by atoms with Gasteiger partial charge in [0.25, 0.3) is 0 Å². The van der Waals surface area contributed by atoms with Gasteiger partial charge in [-0.2, -0.15) is 0 Å². The third-order valence-electron chi connectivity index (χ3n) is 3.97. The molecule has 1 N–H and O–H groups in total. The first kappa shape index (κ1) is 10.4. The third kappa shape index (κ3) is 1.96. The van der Waals surface area contributed by atoms with Gasteiger partial charge < -0.3 is 5.11 Å². The summed E-state index contributed by atoms with van der Waals surface area (Å²) in [6.07, 6.45) is 4.47. The number of nitrogens with zero attached hydrogens (tertiary/aromatic N) is 1. The molecule has 0 amide bonds. The van der Waals surface area contributed by atoms with E-state index in [-0.39, 0.29) is 5.60 Å². The Bertz CT molecular complexity index is 194. The lowest BCUT2D eigenvalue weighted by molar-refractivity contribution is 0.0142. The summed E-state index contributed by atoms with van der Waals surface area (Å²) < 4.78 is 0. The zero-order valence-corrected chi connectivity index (χ0v) is 9.71. The summed E-state index contributed by atoms with van der Waals surface area (Å²) >= 11 is 0. The van der Waals surface area contributed by atoms with Crippen molar-refractivity contribution in [3.63, 3.8) is 0 Å². The van der Waals surface area contributed by atoms with Crippen molar-refractivity contribution < 1.29 is 5.11 Å². The molecule has 1 heterocycles. The van der Waals surface area contributed by atoms with Gasteiger partial charge in [0.05, 0.1) is 5.60 Å². The quantitative estimate of drug-likeness (QED) is 0.695. The van der Waals surface area contributed by atoms with Gasteiger partial charge in [-0.05, 0) is 65.5 Å². The minimum absolute atomic E-state index is 0.246. The lowest BCUT2D eigenvalue weighted by Crippen LogP contribution is -2.48. The highest BCUT2D eigenvalue weighted by molar-refractivity contribution is 5.01. The van der Waals surface area contributed by atoms with Crippen LogP contribution in [0.15, 0.2) is 0 Å². The number of piperidine rings is 1. The molecule has 0 spiro atoms. The van der Waals surface area contributed by atoms with Crippen LogP contribution in [0.5, 0.6) is 0 Å². The second-order valence-electron chi connectivity index (χ2n) is 6.04. The van der Waals surface area contributed by atoms with Crippen LogP contribution in [-0.2, 0) is 0 Å². The maximum Gasteiger partial charge on any atom is 0.0678 e. The van der Waals surface area contributed by atoms with Crippen LogP contribution in [0, 0.1) is 5.92 Å². The molecule has 0 radical (unpaired) electrons. The van der Waals surface area contributed by atoms with E-state index in [0.717, 1.165) is 25.9 Å². The van der Waals surface area contributed by atoms with Gasteiger partial charge in [0, 0.05) is 5.54 Å². The smallest absolute Gasteiger partial charge is 0.0678 e. The molecule has 0 aromatic heterocycles. The molecule has 0 unspecified atom stereocenters. The summed E-state index contributed by atoms with van der Waals surface area (Å²) in [5.74, 6) is 0.584. The van der Waals surface area contributed by atoms with Crippen LogP contribution in [0.1, 0.15) is 46.5 Å². The van der Waals surface area contributed by atoms with Gasteiger partial charge in [0.1, 0.15) is 0 Å². The van der Waals surface area contributed by atoms with Crippen molar-refractivity contribution in [2.75, 3.05) is 13.1 Å². The van der Waals surface area contributed by atoms with E-state index < -0.39 is 0 Å². The molecule has 2 aliphatic rings. The van der Waals surface area contributed by atoms with Gasteiger partial charge in [0.15, 0.2) is 0 Å². The van der Waals surface area contributed by atoms with Crippen molar-refractivity contribution in [2.45, 2.75) is 57.6 Å². The Balaban J connectivity index is 1.86. The Kier molecular flexibility index (Phi) is 2.39. The average molecular weight is 197 g/mol. The fourth-order valence-electron chi connectivity index (χ4n) is 2.62. The van der Waals surface area contributed by atoms with Gasteiger partial charge in [-0.15, -0.1) is 0 Å². The Labute approximate surface area is 87.3 Å². The highest BCUT2D eigenvalue weighted by Gasteiger charge is 2.48. The summed E-state index contributed by atoms with van der Waals surface area (Å²) in [6.45, 7) is 9.16. The summed E-state index contributed by atoms with van der Waals surface area (Å²) in [6, 6.07) is 0. The van der Waals surface area contributed by atoms with E-state index in [1.165, 1.54) is 12.8 Å². The predicted molar refractivity (Wildman–Crippen MR) is 58.2 cm³/mol. The zero-order valence-electron chi connectivity index (χ0n) is 9.71. The normalized spacial score (nSPS) is 29.1. The molecule has 0 atom stereocenters. The Morgan fingerprint density at radius 2 is 1.64 bits per heavy atom. The topological polar surface area (TPSA) is 23.5 Å². The Morgan fingerprint density at radius 3 is 2.00 bits per heavy atom. The van der Waals surface area contributed by atoms with E-state index in [1.54, 1.807) is 0 Å². The van der Waals surface area contributed by atoms with Crippen molar-refractivity contribution in [1.29, 1.82) is 0 Å². The second-order valence-corrected chi connectivity index (χ2v) is 6.04. The van der Waals surface area contributed by atoms with Crippen molar-refractivity contribution in [2.24, 2.45) is 5.92 Å². The lowest BCUT2D eigenvalue weighted by Gasteiger charge is -2.42. The summed E-state index contributed by atoms with van der Waals surface area (Å²) in [4.78, 5) is 2.54. The molecule has 1 aliphatic heterocycles. The molecule has 0 aromatic carbocycles. The SMILES string of the molecule is CC(C)(C)N1CCC(C2(O)CC2)CC1. The molecule has 1 saturated carbocycles. The lowest BCUT2D eigenvalue weighted by atomic mass is 9.87. The minimum Gasteiger partial charge on any atom is -0.390 e. The largest absolute Gasteiger partial charge is 0.390 e. The Hall–Kier alpha value is -0.0800. The molecule has 1 aliphatic carbocycles. The number of hydrogen-bond acceptors (Lipinski definition) is 2. The van der Waals surface area contributed by atoms with E-state index in [4.69, 9.17) is 0 Å². The first-order valence-electron chi connectivity index (χ1n) is 5.89. The first-order valence-corrected chi connectivity index (χ1v) is 5.89. The highest BCUT2D eigenvalue weighted by atomic mass is 16.3. The van der Waals surface area contributed by atoms with Gasteiger partial charge in [-0.3, -0.25) is 4.90 Å². The molecule has 2 heteroatoms. The molecule has 82 valence electrons. The molecule has 0 bridgehead atoms. The van der Waals surface area contributed by atoms with Crippen LogP contribution < -0.4 is 0 Å². The first-order chi connectivity index (χ1) is 6.42. The van der Waals surface area contributed by atoms with Crippen LogP contribution in [0.2, 0.25) is 0 Å². The van der Waals surface area contributed by atoms with E-state index in [1.807, 2.05) is 0 Å². The molecule has 0 aromatic rings. The number of likely N-dealkylation sites (tertiary alicyclic amines) is 1. The maximum absolute atomic E-state index is 10.0. The van der Waals surface area contributed by atoms with Gasteiger partial charge in [0.2, 0.25) is 0 Å². The summed E-state index contributed by atoms with van der Waals surface area (Å²) in [5, 5.41) is 10.0. The fraction of sp³-hybridized carbons (Fsp3) is 1.00. The number of rotatable bonds is 1. The van der Waals surface area contributed by atoms with E-state index >= 15 is 0 Å². The molecule has 1 saturated heterocycles. The fourth-order valence-corrected chi connectivity index (χ4v) is 2.62. The van der Waals surface area contributed by atoms with Crippen LogP contribution in [0.3, 0.4) is 0 Å². The molecule has 2 nitrogen and oxygen atoms in total. The highest BCUT2D eigenvalue weighted by Crippen LogP contribution is 2.46. The zero-order chi connectivity index (χ0) is 10.4. The number of hydrogen-bond donors (Lipinski definition) is 1. The maximum atomic E-state index is 10.0. The molecule has 2 fully saturated rings. The van der Waals surface area contributed by atoms with E-state index in [2.05, 4.69) is 25.7 Å². The average Bonchev–Trinajstić information content (AvgIpc) is 2.84. The second kappa shape index (κ2) is 3.21. The van der Waals surface area contributed by atoms with Gasteiger partial charge in [-0.1, -0.05) is 0 Å². The van der Waals surface area contributed by atoms with Crippen LogP contribution >= 0.6 is 0 Å². The van der Waals surface area contributed by atoms with E-state index in [0.29, 0.717) is 11.5 Å². The van der Waals surface area contributed by atoms with Gasteiger partial charge >= 0.3 is 0 Å². The monoisotopic (exact) mass is 197 g/mol.